The van der Waals surface area contributed by atoms with E-state index < -0.39 is 0 Å². The van der Waals surface area contributed by atoms with E-state index in [9.17, 15) is 0 Å². The fourth-order valence-electron chi connectivity index (χ4n) is 2.78. The summed E-state index contributed by atoms with van der Waals surface area (Å²) >= 11 is 0. The molecular formula is C15H23NO2. The van der Waals surface area contributed by atoms with Gasteiger partial charge in [-0.05, 0) is 56.0 Å². The van der Waals surface area contributed by atoms with Gasteiger partial charge in [0.05, 0.1) is 19.8 Å². The number of nitrogens with one attached hydrogen (secondary N) is 1. The summed E-state index contributed by atoms with van der Waals surface area (Å²) in [6.07, 6.45) is 0.141. The number of hydrogen-bond acceptors (Lipinski definition) is 3. The van der Waals surface area contributed by atoms with Crippen LogP contribution >= 0.6 is 0 Å². The third kappa shape index (κ3) is 2.25. The van der Waals surface area contributed by atoms with E-state index in [1.807, 2.05) is 0 Å². The molecule has 0 aromatic heterocycles. The molecule has 0 aliphatic carbocycles. The summed E-state index contributed by atoms with van der Waals surface area (Å²) in [6.45, 7) is 10.3. The van der Waals surface area contributed by atoms with Crippen molar-refractivity contribution in [2.24, 2.45) is 0 Å². The molecule has 1 heterocycles. The number of aryl methyl sites for hydroxylation is 1. The topological polar surface area (TPSA) is 30.5 Å². The SMILES string of the molecule is COc1c(C)cc(C2OCCNC2C)c(C)c1C. The molecular weight excluding hydrogens is 226 g/mol. The molecule has 0 saturated carbocycles. The molecule has 1 aromatic carbocycles. The minimum Gasteiger partial charge on any atom is -0.496 e. The molecule has 0 amide bonds. The highest BCUT2D eigenvalue weighted by Crippen LogP contribution is 2.34. The summed E-state index contributed by atoms with van der Waals surface area (Å²) in [6, 6.07) is 2.56. The first-order chi connectivity index (χ1) is 8.56. The molecule has 3 heteroatoms. The predicted molar refractivity (Wildman–Crippen MR) is 73.4 cm³/mol. The zero-order valence-corrected chi connectivity index (χ0v) is 12.0. The van der Waals surface area contributed by atoms with Gasteiger partial charge in [-0.2, -0.15) is 0 Å². The van der Waals surface area contributed by atoms with Crippen molar-refractivity contribution in [3.63, 3.8) is 0 Å². The minimum absolute atomic E-state index is 0.141. The molecule has 0 radical (unpaired) electrons. The van der Waals surface area contributed by atoms with Crippen LogP contribution in [0, 0.1) is 20.8 Å². The first kappa shape index (κ1) is 13.4. The number of methoxy groups -OCH3 is 1. The zero-order chi connectivity index (χ0) is 13.3. The molecule has 2 rings (SSSR count). The Morgan fingerprint density at radius 2 is 2.00 bits per heavy atom. The molecule has 0 bridgehead atoms. The van der Waals surface area contributed by atoms with Crippen molar-refractivity contribution < 1.29 is 9.47 Å². The van der Waals surface area contributed by atoms with Crippen LogP contribution in [0.2, 0.25) is 0 Å². The van der Waals surface area contributed by atoms with Crippen molar-refractivity contribution in [1.29, 1.82) is 0 Å². The van der Waals surface area contributed by atoms with Crippen LogP contribution in [0.15, 0.2) is 6.07 Å². The average Bonchev–Trinajstić information content (AvgIpc) is 2.35. The van der Waals surface area contributed by atoms with Crippen LogP contribution in [0.5, 0.6) is 5.75 Å². The zero-order valence-electron chi connectivity index (χ0n) is 12.0. The molecule has 1 aromatic rings. The standard InChI is InChI=1S/C15H23NO2/c1-9-8-13(10(2)11(3)14(9)17-5)15-12(4)16-6-7-18-15/h8,12,15-16H,6-7H2,1-5H3. The summed E-state index contributed by atoms with van der Waals surface area (Å²) in [5.41, 5.74) is 4.95. The van der Waals surface area contributed by atoms with Gasteiger partial charge in [0.15, 0.2) is 0 Å². The second kappa shape index (κ2) is 5.29. The highest BCUT2D eigenvalue weighted by Gasteiger charge is 2.26. The lowest BCUT2D eigenvalue weighted by molar-refractivity contribution is -0.000678. The van der Waals surface area contributed by atoms with Gasteiger partial charge in [0.2, 0.25) is 0 Å². The molecule has 1 fully saturated rings. The molecule has 3 nitrogen and oxygen atoms in total. The van der Waals surface area contributed by atoms with Crippen LogP contribution in [0.1, 0.15) is 35.3 Å². The average molecular weight is 249 g/mol. The van der Waals surface area contributed by atoms with Gasteiger partial charge < -0.3 is 14.8 Å². The first-order valence-corrected chi connectivity index (χ1v) is 6.56. The number of morpholine rings is 1. The molecule has 1 N–H and O–H groups in total. The molecule has 0 spiro atoms. The largest absolute Gasteiger partial charge is 0.496 e. The van der Waals surface area contributed by atoms with Gasteiger partial charge in [-0.3, -0.25) is 0 Å². The van der Waals surface area contributed by atoms with Crippen LogP contribution in [0.25, 0.3) is 0 Å². The Labute approximate surface area is 109 Å². The predicted octanol–water partition coefficient (Wildman–Crippen LogP) is 2.67. The Hall–Kier alpha value is -1.06. The van der Waals surface area contributed by atoms with Crippen molar-refractivity contribution in [3.05, 3.63) is 28.3 Å². The Bertz CT molecular complexity index is 443. The van der Waals surface area contributed by atoms with Crippen LogP contribution < -0.4 is 10.1 Å². The molecule has 2 unspecified atom stereocenters. The Morgan fingerprint density at radius 1 is 1.28 bits per heavy atom. The van der Waals surface area contributed by atoms with Gasteiger partial charge in [0.1, 0.15) is 5.75 Å². The van der Waals surface area contributed by atoms with Crippen LogP contribution in [0.3, 0.4) is 0 Å². The number of ether oxygens (including phenoxy) is 2. The van der Waals surface area contributed by atoms with E-state index in [0.29, 0.717) is 6.04 Å². The van der Waals surface area contributed by atoms with E-state index in [1.165, 1.54) is 22.3 Å². The van der Waals surface area contributed by atoms with E-state index in [-0.39, 0.29) is 6.10 Å². The second-order valence-electron chi connectivity index (χ2n) is 5.10. The third-order valence-electron chi connectivity index (χ3n) is 3.90. The summed E-state index contributed by atoms with van der Waals surface area (Å²) in [7, 11) is 1.73. The molecule has 18 heavy (non-hydrogen) atoms. The smallest absolute Gasteiger partial charge is 0.124 e. The third-order valence-corrected chi connectivity index (χ3v) is 3.90. The van der Waals surface area contributed by atoms with Gasteiger partial charge >= 0.3 is 0 Å². The highest BCUT2D eigenvalue weighted by atomic mass is 16.5. The van der Waals surface area contributed by atoms with E-state index in [1.54, 1.807) is 7.11 Å². The summed E-state index contributed by atoms with van der Waals surface area (Å²) in [5, 5.41) is 3.47. The monoisotopic (exact) mass is 249 g/mol. The normalized spacial score (nSPS) is 24.1. The van der Waals surface area contributed by atoms with Gasteiger partial charge in [-0.15, -0.1) is 0 Å². The lowest BCUT2D eigenvalue weighted by Gasteiger charge is -2.32. The van der Waals surface area contributed by atoms with Crippen molar-refractivity contribution in [2.45, 2.75) is 39.8 Å². The number of hydrogen-bond donors (Lipinski definition) is 1. The van der Waals surface area contributed by atoms with E-state index in [0.717, 1.165) is 18.9 Å². The van der Waals surface area contributed by atoms with Crippen LogP contribution in [-0.2, 0) is 4.74 Å². The fraction of sp³-hybridized carbons (Fsp3) is 0.600. The molecule has 2 atom stereocenters. The van der Waals surface area contributed by atoms with Gasteiger partial charge in [-0.1, -0.05) is 0 Å². The maximum Gasteiger partial charge on any atom is 0.124 e. The number of rotatable bonds is 2. The van der Waals surface area contributed by atoms with Crippen molar-refractivity contribution in [1.82, 2.24) is 5.32 Å². The summed E-state index contributed by atoms with van der Waals surface area (Å²) < 4.78 is 11.4. The summed E-state index contributed by atoms with van der Waals surface area (Å²) in [5.74, 6) is 0.993. The van der Waals surface area contributed by atoms with Gasteiger partial charge in [0, 0.05) is 12.6 Å². The highest BCUT2D eigenvalue weighted by molar-refractivity contribution is 5.50. The van der Waals surface area contributed by atoms with Crippen LogP contribution in [-0.4, -0.2) is 26.3 Å². The van der Waals surface area contributed by atoms with Crippen molar-refractivity contribution in [2.75, 3.05) is 20.3 Å². The lowest BCUT2D eigenvalue weighted by atomic mass is 9.92. The molecule has 1 aliphatic rings. The quantitative estimate of drug-likeness (QED) is 0.874. The van der Waals surface area contributed by atoms with E-state index in [2.05, 4.69) is 39.1 Å². The Morgan fingerprint density at radius 3 is 2.61 bits per heavy atom. The second-order valence-corrected chi connectivity index (χ2v) is 5.10. The molecule has 100 valence electrons. The lowest BCUT2D eigenvalue weighted by Crippen LogP contribution is -2.41. The van der Waals surface area contributed by atoms with Crippen molar-refractivity contribution in [3.8, 4) is 5.75 Å². The van der Waals surface area contributed by atoms with E-state index >= 15 is 0 Å². The molecule has 1 aliphatic heterocycles. The summed E-state index contributed by atoms with van der Waals surface area (Å²) in [4.78, 5) is 0. The number of benzene rings is 1. The Balaban J connectivity index is 2.45. The van der Waals surface area contributed by atoms with Crippen molar-refractivity contribution >= 4 is 0 Å². The minimum atomic E-state index is 0.141. The van der Waals surface area contributed by atoms with Crippen LogP contribution in [0.4, 0.5) is 0 Å². The van der Waals surface area contributed by atoms with Gasteiger partial charge in [-0.25, -0.2) is 0 Å². The fourth-order valence-corrected chi connectivity index (χ4v) is 2.78. The van der Waals surface area contributed by atoms with Gasteiger partial charge in [0.25, 0.3) is 0 Å². The molecule has 1 saturated heterocycles. The van der Waals surface area contributed by atoms with E-state index in [4.69, 9.17) is 9.47 Å². The Kier molecular flexibility index (Phi) is 3.93. The maximum absolute atomic E-state index is 5.94. The maximum atomic E-state index is 5.94. The first-order valence-electron chi connectivity index (χ1n) is 6.56.